The summed E-state index contributed by atoms with van der Waals surface area (Å²) in [5, 5.41) is 11.3. The molecule has 0 bridgehead atoms. The summed E-state index contributed by atoms with van der Waals surface area (Å²) < 4.78 is 0. The molecule has 5 nitrogen and oxygen atoms in total. The molecule has 0 radical (unpaired) electrons. The smallest absolute Gasteiger partial charge is 0.234 e. The average molecular weight is 231 g/mol. The first-order valence-corrected chi connectivity index (χ1v) is 5.84. The van der Waals surface area contributed by atoms with Crippen molar-refractivity contribution >= 4 is 5.91 Å². The maximum absolute atomic E-state index is 11.5. The fourth-order valence-electron chi connectivity index (χ4n) is 1.38. The summed E-state index contributed by atoms with van der Waals surface area (Å²) in [6.45, 7) is 5.64. The van der Waals surface area contributed by atoms with E-state index in [-0.39, 0.29) is 12.5 Å². The number of likely N-dealkylation sites (N-methyl/N-ethyl adjacent to an activating group) is 1. The Morgan fingerprint density at radius 3 is 2.44 bits per heavy atom. The maximum atomic E-state index is 11.5. The van der Waals surface area contributed by atoms with Crippen molar-refractivity contribution in [2.45, 2.75) is 13.3 Å². The van der Waals surface area contributed by atoms with Crippen molar-refractivity contribution in [3.8, 4) is 0 Å². The van der Waals surface area contributed by atoms with E-state index in [0.29, 0.717) is 13.1 Å². The predicted octanol–water partition coefficient (Wildman–Crippen LogP) is -0.631. The topological polar surface area (TPSA) is 55.8 Å². The quantitative estimate of drug-likeness (QED) is 0.555. The van der Waals surface area contributed by atoms with Crippen LogP contribution in [0.3, 0.4) is 0 Å². The Kier molecular flexibility index (Phi) is 9.18. The average Bonchev–Trinajstić information content (AvgIpc) is 2.23. The van der Waals surface area contributed by atoms with E-state index in [0.717, 1.165) is 26.1 Å². The number of hydrogen-bond acceptors (Lipinski definition) is 4. The summed E-state index contributed by atoms with van der Waals surface area (Å²) in [6, 6.07) is 0. The number of hydrogen-bond donors (Lipinski definition) is 2. The molecule has 0 aliphatic carbocycles. The van der Waals surface area contributed by atoms with Crippen molar-refractivity contribution in [2.75, 3.05) is 53.4 Å². The first-order chi connectivity index (χ1) is 7.60. The number of rotatable bonds is 9. The molecule has 0 rings (SSSR count). The molecule has 96 valence electrons. The number of aliphatic hydroxyl groups is 1. The highest BCUT2D eigenvalue weighted by molar-refractivity contribution is 5.77. The molecule has 0 aromatic heterocycles. The van der Waals surface area contributed by atoms with Gasteiger partial charge in [-0.05, 0) is 27.1 Å². The van der Waals surface area contributed by atoms with Gasteiger partial charge < -0.3 is 15.3 Å². The summed E-state index contributed by atoms with van der Waals surface area (Å²) in [5.41, 5.74) is 0. The predicted molar refractivity (Wildman–Crippen MR) is 65.4 cm³/mol. The molecule has 0 atom stereocenters. The molecule has 0 heterocycles. The van der Waals surface area contributed by atoms with Crippen molar-refractivity contribution in [2.24, 2.45) is 0 Å². The molecule has 0 saturated heterocycles. The van der Waals surface area contributed by atoms with E-state index in [1.165, 1.54) is 0 Å². The van der Waals surface area contributed by atoms with Crippen LogP contribution in [-0.4, -0.2) is 74.2 Å². The molecular weight excluding hydrogens is 206 g/mol. The van der Waals surface area contributed by atoms with Crippen molar-refractivity contribution in [1.82, 2.24) is 15.1 Å². The summed E-state index contributed by atoms with van der Waals surface area (Å²) >= 11 is 0. The van der Waals surface area contributed by atoms with E-state index in [9.17, 15) is 4.79 Å². The van der Waals surface area contributed by atoms with Gasteiger partial charge >= 0.3 is 0 Å². The minimum atomic E-state index is -0.0127. The molecule has 5 heteroatoms. The Labute approximate surface area is 98.4 Å². The van der Waals surface area contributed by atoms with Crippen LogP contribution in [0, 0.1) is 0 Å². The lowest BCUT2D eigenvalue weighted by atomic mass is 10.3. The molecule has 1 amide bonds. The molecular formula is C11H25N3O2. The number of carbonyl (C=O) groups is 1. The standard InChI is InChI=1S/C11H25N3O2/c1-4-6-14(8-7-13(2)3)10-11(16)12-5-9-15/h15H,4-10H2,1-3H3,(H,12,16). The first-order valence-electron chi connectivity index (χ1n) is 5.84. The van der Waals surface area contributed by atoms with Crippen molar-refractivity contribution < 1.29 is 9.90 Å². The number of nitrogens with one attached hydrogen (secondary N) is 1. The van der Waals surface area contributed by atoms with Crippen molar-refractivity contribution in [1.29, 1.82) is 0 Å². The lowest BCUT2D eigenvalue weighted by Gasteiger charge is -2.22. The Balaban J connectivity index is 3.86. The van der Waals surface area contributed by atoms with Gasteiger partial charge in [0.1, 0.15) is 0 Å². The van der Waals surface area contributed by atoms with Gasteiger partial charge in [0, 0.05) is 19.6 Å². The van der Waals surface area contributed by atoms with E-state index >= 15 is 0 Å². The van der Waals surface area contributed by atoms with E-state index in [1.54, 1.807) is 0 Å². The Hall–Kier alpha value is -0.650. The number of amides is 1. The van der Waals surface area contributed by atoms with Crippen LogP contribution in [0.2, 0.25) is 0 Å². The lowest BCUT2D eigenvalue weighted by Crippen LogP contribution is -2.41. The highest BCUT2D eigenvalue weighted by Crippen LogP contribution is 1.92. The first kappa shape index (κ1) is 15.3. The zero-order valence-corrected chi connectivity index (χ0v) is 10.7. The van der Waals surface area contributed by atoms with Crippen LogP contribution in [-0.2, 0) is 4.79 Å². The Bertz CT molecular complexity index is 186. The van der Waals surface area contributed by atoms with Gasteiger partial charge in [-0.3, -0.25) is 9.69 Å². The third kappa shape index (κ3) is 8.64. The molecule has 16 heavy (non-hydrogen) atoms. The third-order valence-electron chi connectivity index (χ3n) is 2.20. The van der Waals surface area contributed by atoms with E-state index < -0.39 is 0 Å². The van der Waals surface area contributed by atoms with E-state index in [2.05, 4.69) is 22.0 Å². The Morgan fingerprint density at radius 1 is 1.25 bits per heavy atom. The minimum absolute atomic E-state index is 0.00276. The maximum Gasteiger partial charge on any atom is 0.234 e. The fraction of sp³-hybridized carbons (Fsp3) is 0.909. The van der Waals surface area contributed by atoms with Gasteiger partial charge in [-0.25, -0.2) is 0 Å². The van der Waals surface area contributed by atoms with Gasteiger partial charge in [0.2, 0.25) is 5.91 Å². The SMILES string of the molecule is CCCN(CCN(C)C)CC(=O)NCCO. The second-order valence-corrected chi connectivity index (χ2v) is 4.15. The minimum Gasteiger partial charge on any atom is -0.395 e. The van der Waals surface area contributed by atoms with Crippen LogP contribution in [0.4, 0.5) is 0 Å². The number of nitrogens with zero attached hydrogens (tertiary/aromatic N) is 2. The van der Waals surface area contributed by atoms with Crippen LogP contribution in [0.15, 0.2) is 0 Å². The number of aliphatic hydroxyl groups excluding tert-OH is 1. The molecule has 0 unspecified atom stereocenters. The highest BCUT2D eigenvalue weighted by atomic mass is 16.3. The Morgan fingerprint density at radius 2 is 1.94 bits per heavy atom. The second kappa shape index (κ2) is 9.57. The second-order valence-electron chi connectivity index (χ2n) is 4.15. The van der Waals surface area contributed by atoms with Crippen LogP contribution < -0.4 is 5.32 Å². The van der Waals surface area contributed by atoms with Crippen LogP contribution in [0.25, 0.3) is 0 Å². The van der Waals surface area contributed by atoms with Crippen LogP contribution in [0.1, 0.15) is 13.3 Å². The molecule has 0 aromatic rings. The van der Waals surface area contributed by atoms with Gasteiger partial charge in [-0.1, -0.05) is 6.92 Å². The zero-order chi connectivity index (χ0) is 12.4. The monoisotopic (exact) mass is 231 g/mol. The molecule has 0 aliphatic heterocycles. The van der Waals surface area contributed by atoms with E-state index in [4.69, 9.17) is 5.11 Å². The van der Waals surface area contributed by atoms with Gasteiger partial charge in [-0.15, -0.1) is 0 Å². The molecule has 0 saturated carbocycles. The third-order valence-corrected chi connectivity index (χ3v) is 2.20. The molecule has 0 fully saturated rings. The molecule has 0 spiro atoms. The number of carbonyl (C=O) groups excluding carboxylic acids is 1. The summed E-state index contributed by atoms with van der Waals surface area (Å²) in [7, 11) is 4.05. The normalized spacial score (nSPS) is 11.1. The van der Waals surface area contributed by atoms with Crippen molar-refractivity contribution in [3.05, 3.63) is 0 Å². The summed E-state index contributed by atoms with van der Waals surface area (Å²) in [6.07, 6.45) is 1.04. The van der Waals surface area contributed by atoms with Crippen LogP contribution in [0.5, 0.6) is 0 Å². The lowest BCUT2D eigenvalue weighted by molar-refractivity contribution is -0.122. The summed E-state index contributed by atoms with van der Waals surface area (Å²) in [4.78, 5) is 15.7. The van der Waals surface area contributed by atoms with Crippen molar-refractivity contribution in [3.63, 3.8) is 0 Å². The van der Waals surface area contributed by atoms with E-state index in [1.807, 2.05) is 14.1 Å². The van der Waals surface area contributed by atoms with Gasteiger partial charge in [0.25, 0.3) is 0 Å². The molecule has 0 aliphatic rings. The highest BCUT2D eigenvalue weighted by Gasteiger charge is 2.09. The zero-order valence-electron chi connectivity index (χ0n) is 10.7. The molecule has 0 aromatic carbocycles. The van der Waals surface area contributed by atoms with Gasteiger partial charge in [0.15, 0.2) is 0 Å². The van der Waals surface area contributed by atoms with Gasteiger partial charge in [-0.2, -0.15) is 0 Å². The largest absolute Gasteiger partial charge is 0.395 e. The molecule has 2 N–H and O–H groups in total. The summed E-state index contributed by atoms with van der Waals surface area (Å²) in [5.74, 6) is -0.0127. The van der Waals surface area contributed by atoms with Gasteiger partial charge in [0.05, 0.1) is 13.2 Å². The fourth-order valence-corrected chi connectivity index (χ4v) is 1.38. The van der Waals surface area contributed by atoms with Crippen LogP contribution >= 0.6 is 0 Å².